The largest absolute Gasteiger partial charge is 0.481 e. The molecule has 0 N–H and O–H groups in total. The first-order valence-electron chi connectivity index (χ1n) is 8.96. The van der Waals surface area contributed by atoms with Crippen LogP contribution in [0.4, 0.5) is 0 Å². The number of hydrogen-bond donors (Lipinski definition) is 0. The summed E-state index contributed by atoms with van der Waals surface area (Å²) in [5.74, 6) is 0.526. The van der Waals surface area contributed by atoms with E-state index in [1.165, 1.54) is 0 Å². The van der Waals surface area contributed by atoms with Crippen LogP contribution in [-0.2, 0) is 6.42 Å². The van der Waals surface area contributed by atoms with Gasteiger partial charge in [-0.15, -0.1) is 0 Å². The van der Waals surface area contributed by atoms with Crippen molar-refractivity contribution < 1.29 is 4.74 Å². The van der Waals surface area contributed by atoms with Crippen LogP contribution in [0.2, 0.25) is 0 Å². The third-order valence-electron chi connectivity index (χ3n) is 4.75. The molecule has 0 aliphatic heterocycles. The van der Waals surface area contributed by atoms with Crippen LogP contribution < -0.4 is 10.3 Å². The molecule has 4 nitrogen and oxygen atoms in total. The van der Waals surface area contributed by atoms with Crippen molar-refractivity contribution in [2.24, 2.45) is 0 Å². The minimum Gasteiger partial charge on any atom is -0.481 e. The summed E-state index contributed by atoms with van der Waals surface area (Å²) in [6.45, 7) is 2.07. The number of hydrogen-bond acceptors (Lipinski definition) is 3. The molecule has 134 valence electrons. The summed E-state index contributed by atoms with van der Waals surface area (Å²) in [6, 6.07) is 21.6. The van der Waals surface area contributed by atoms with E-state index in [0.29, 0.717) is 11.3 Å². The average Bonchev–Trinajstić information content (AvgIpc) is 2.73. The summed E-state index contributed by atoms with van der Waals surface area (Å²) < 4.78 is 7.06. The highest BCUT2D eigenvalue weighted by molar-refractivity contribution is 5.96. The zero-order chi connectivity index (χ0) is 18.8. The van der Waals surface area contributed by atoms with Gasteiger partial charge in [0.05, 0.1) is 12.5 Å². The van der Waals surface area contributed by atoms with Crippen LogP contribution in [0.25, 0.3) is 27.6 Å². The molecule has 27 heavy (non-hydrogen) atoms. The molecule has 0 amide bonds. The Morgan fingerprint density at radius 3 is 2.56 bits per heavy atom. The van der Waals surface area contributed by atoms with E-state index in [2.05, 4.69) is 18.0 Å². The Balaban J connectivity index is 2.07. The molecular weight excluding hydrogens is 336 g/mol. The Hall–Kier alpha value is -3.40. The molecular formula is C23H20N2O2. The standard InChI is InChI=1S/C23H20N2O2/c1-3-18-14-17-8-7-11-20(16-12-13-24-21(15-16)27-2)22(17)23(26)25(18)19-9-5-4-6-10-19/h4-15H,3H2,1-2H3. The van der Waals surface area contributed by atoms with Crippen molar-refractivity contribution in [2.75, 3.05) is 7.11 Å². The molecule has 0 spiro atoms. The van der Waals surface area contributed by atoms with E-state index in [-0.39, 0.29) is 5.56 Å². The number of para-hydroxylation sites is 1. The zero-order valence-electron chi connectivity index (χ0n) is 15.3. The maximum absolute atomic E-state index is 13.6. The van der Waals surface area contributed by atoms with Gasteiger partial charge in [0.2, 0.25) is 5.88 Å². The third-order valence-corrected chi connectivity index (χ3v) is 4.75. The van der Waals surface area contributed by atoms with Crippen LogP contribution in [0.1, 0.15) is 12.6 Å². The van der Waals surface area contributed by atoms with Gasteiger partial charge in [-0.1, -0.05) is 43.3 Å². The molecule has 0 aliphatic carbocycles. The Bertz CT molecular complexity index is 1160. The van der Waals surface area contributed by atoms with Crippen molar-refractivity contribution in [1.29, 1.82) is 0 Å². The molecule has 0 aliphatic rings. The van der Waals surface area contributed by atoms with Gasteiger partial charge in [-0.25, -0.2) is 4.98 Å². The summed E-state index contributed by atoms with van der Waals surface area (Å²) in [6.07, 6.45) is 2.47. The second-order valence-electron chi connectivity index (χ2n) is 6.32. The summed E-state index contributed by atoms with van der Waals surface area (Å²) in [5, 5.41) is 1.64. The molecule has 2 heterocycles. The van der Waals surface area contributed by atoms with Gasteiger partial charge in [0.25, 0.3) is 5.56 Å². The first-order valence-corrected chi connectivity index (χ1v) is 8.96. The number of aromatic nitrogens is 2. The van der Waals surface area contributed by atoms with Crippen LogP contribution in [0, 0.1) is 0 Å². The molecule has 0 unspecified atom stereocenters. The smallest absolute Gasteiger partial charge is 0.263 e. The van der Waals surface area contributed by atoms with E-state index in [0.717, 1.165) is 34.3 Å². The lowest BCUT2D eigenvalue weighted by molar-refractivity contribution is 0.398. The molecule has 0 fully saturated rings. The van der Waals surface area contributed by atoms with E-state index in [1.54, 1.807) is 13.3 Å². The van der Waals surface area contributed by atoms with Crippen molar-refractivity contribution in [3.05, 3.63) is 89.0 Å². The van der Waals surface area contributed by atoms with Gasteiger partial charge in [-0.05, 0) is 47.2 Å². The monoisotopic (exact) mass is 356 g/mol. The Labute approximate surface area is 157 Å². The molecule has 0 bridgehead atoms. The quantitative estimate of drug-likeness (QED) is 0.536. The van der Waals surface area contributed by atoms with E-state index in [9.17, 15) is 4.79 Å². The van der Waals surface area contributed by atoms with Crippen molar-refractivity contribution in [2.45, 2.75) is 13.3 Å². The van der Waals surface area contributed by atoms with Gasteiger partial charge in [0.15, 0.2) is 0 Å². The average molecular weight is 356 g/mol. The van der Waals surface area contributed by atoms with Gasteiger partial charge in [-0.3, -0.25) is 9.36 Å². The van der Waals surface area contributed by atoms with Gasteiger partial charge in [0, 0.05) is 23.6 Å². The SMILES string of the molecule is CCc1cc2cccc(-c3ccnc(OC)c3)c2c(=O)n1-c1ccccc1. The molecule has 4 rings (SSSR count). The van der Waals surface area contributed by atoms with Crippen LogP contribution in [0.15, 0.2) is 77.7 Å². The predicted molar refractivity (Wildman–Crippen MR) is 109 cm³/mol. The fourth-order valence-electron chi connectivity index (χ4n) is 3.46. The molecule has 0 saturated heterocycles. The van der Waals surface area contributed by atoms with Crippen molar-refractivity contribution in [3.63, 3.8) is 0 Å². The minimum atomic E-state index is -0.0121. The zero-order valence-corrected chi connectivity index (χ0v) is 15.3. The molecule has 2 aromatic carbocycles. The van der Waals surface area contributed by atoms with Gasteiger partial charge >= 0.3 is 0 Å². The Kier molecular flexibility index (Phi) is 4.47. The minimum absolute atomic E-state index is 0.0121. The van der Waals surface area contributed by atoms with Gasteiger partial charge in [0.1, 0.15) is 0 Å². The molecule has 4 heteroatoms. The lowest BCUT2D eigenvalue weighted by Gasteiger charge is -2.15. The molecule has 0 atom stereocenters. The second kappa shape index (κ2) is 7.08. The first kappa shape index (κ1) is 17.0. The summed E-state index contributed by atoms with van der Waals surface area (Å²) in [7, 11) is 1.59. The van der Waals surface area contributed by atoms with E-state index in [4.69, 9.17) is 4.74 Å². The maximum atomic E-state index is 13.6. The number of ether oxygens (including phenoxy) is 1. The second-order valence-corrected chi connectivity index (χ2v) is 6.32. The fourth-order valence-corrected chi connectivity index (χ4v) is 3.46. The van der Waals surface area contributed by atoms with Crippen LogP contribution in [0.3, 0.4) is 0 Å². The lowest BCUT2D eigenvalue weighted by atomic mass is 9.99. The van der Waals surface area contributed by atoms with Crippen LogP contribution >= 0.6 is 0 Å². The highest BCUT2D eigenvalue weighted by Gasteiger charge is 2.14. The molecule has 0 radical (unpaired) electrons. The number of rotatable bonds is 4. The molecule has 0 saturated carbocycles. The fraction of sp³-hybridized carbons (Fsp3) is 0.130. The number of fused-ring (bicyclic) bond motifs is 1. The highest BCUT2D eigenvalue weighted by atomic mass is 16.5. The Morgan fingerprint density at radius 1 is 1.00 bits per heavy atom. The summed E-state index contributed by atoms with van der Waals surface area (Å²) in [4.78, 5) is 17.7. The molecule has 2 aromatic heterocycles. The Morgan fingerprint density at radius 2 is 1.81 bits per heavy atom. The van der Waals surface area contributed by atoms with Crippen LogP contribution in [0.5, 0.6) is 5.88 Å². The first-order chi connectivity index (χ1) is 13.2. The van der Waals surface area contributed by atoms with Crippen molar-refractivity contribution in [1.82, 2.24) is 9.55 Å². The van der Waals surface area contributed by atoms with Crippen LogP contribution in [-0.4, -0.2) is 16.7 Å². The van der Waals surface area contributed by atoms with Crippen molar-refractivity contribution >= 4 is 10.8 Å². The normalized spacial score (nSPS) is 10.9. The van der Waals surface area contributed by atoms with E-state index >= 15 is 0 Å². The summed E-state index contributed by atoms with van der Waals surface area (Å²) >= 11 is 0. The lowest BCUT2D eigenvalue weighted by Crippen LogP contribution is -2.22. The third kappa shape index (κ3) is 2.99. The maximum Gasteiger partial charge on any atom is 0.263 e. The summed E-state index contributed by atoms with van der Waals surface area (Å²) in [5.41, 5.74) is 3.65. The highest BCUT2D eigenvalue weighted by Crippen LogP contribution is 2.29. The number of methoxy groups -OCH3 is 1. The number of nitrogens with zero attached hydrogens (tertiary/aromatic N) is 2. The van der Waals surface area contributed by atoms with E-state index in [1.807, 2.05) is 65.2 Å². The van der Waals surface area contributed by atoms with Crippen molar-refractivity contribution in [3.8, 4) is 22.7 Å². The number of aryl methyl sites for hydroxylation is 1. The topological polar surface area (TPSA) is 44.1 Å². The van der Waals surface area contributed by atoms with E-state index < -0.39 is 0 Å². The number of pyridine rings is 2. The van der Waals surface area contributed by atoms with Gasteiger partial charge in [-0.2, -0.15) is 0 Å². The number of benzene rings is 2. The van der Waals surface area contributed by atoms with Gasteiger partial charge < -0.3 is 4.74 Å². The predicted octanol–water partition coefficient (Wildman–Crippen LogP) is 4.62. The molecule has 4 aromatic rings.